The number of aliphatic carboxylic acids is 1. The molecule has 0 bridgehead atoms. The van der Waals surface area contributed by atoms with Crippen molar-refractivity contribution in [2.75, 3.05) is 32.1 Å². The molecule has 0 aliphatic carbocycles. The van der Waals surface area contributed by atoms with Crippen molar-refractivity contribution in [3.05, 3.63) is 83.4 Å². The minimum absolute atomic E-state index is 0.135. The van der Waals surface area contributed by atoms with Crippen molar-refractivity contribution in [2.24, 2.45) is 10.7 Å². The number of nitrogens with zero attached hydrogens (tertiary/aromatic N) is 5. The van der Waals surface area contributed by atoms with E-state index in [2.05, 4.69) is 19.9 Å². The number of nitrogen functional groups attached to an aromatic ring is 1. The van der Waals surface area contributed by atoms with Crippen LogP contribution in [0.1, 0.15) is 16.8 Å². The average Bonchev–Trinajstić information content (AvgIpc) is 3.67. The van der Waals surface area contributed by atoms with Crippen LogP contribution in [0.3, 0.4) is 0 Å². The molecule has 1 unspecified atom stereocenters. The van der Waals surface area contributed by atoms with Crippen LogP contribution < -0.4 is 20.1 Å². The first-order valence-corrected chi connectivity index (χ1v) is 13.2. The topological polar surface area (TPSA) is 186 Å². The van der Waals surface area contributed by atoms with Gasteiger partial charge in [-0.15, -0.1) is 0 Å². The molecular formula is C29H28F2N8O5. The first-order valence-electron chi connectivity index (χ1n) is 13.2. The highest BCUT2D eigenvalue weighted by Gasteiger charge is 2.33. The number of rotatable bonds is 11. The number of nitrogens with two attached hydrogens (primary N) is 1. The van der Waals surface area contributed by atoms with Gasteiger partial charge in [0.1, 0.15) is 29.1 Å². The summed E-state index contributed by atoms with van der Waals surface area (Å²) < 4.78 is 43.6. The number of anilines is 1. The Morgan fingerprint density at radius 3 is 2.59 bits per heavy atom. The van der Waals surface area contributed by atoms with E-state index in [0.29, 0.717) is 23.6 Å². The second-order valence-corrected chi connectivity index (χ2v) is 9.88. The van der Waals surface area contributed by atoms with Gasteiger partial charge < -0.3 is 40.2 Å². The van der Waals surface area contributed by atoms with Crippen LogP contribution in [0.4, 0.5) is 14.5 Å². The molecule has 228 valence electrons. The third-order valence-electron chi connectivity index (χ3n) is 6.90. The molecule has 13 nitrogen and oxygen atoms in total. The Kier molecular flexibility index (Phi) is 8.28. The smallest absolute Gasteiger partial charge is 0.326 e. The fourth-order valence-electron chi connectivity index (χ4n) is 4.60. The van der Waals surface area contributed by atoms with Gasteiger partial charge in [0.05, 0.1) is 18.6 Å². The molecule has 1 aliphatic rings. The van der Waals surface area contributed by atoms with Crippen LogP contribution in [0, 0.1) is 17.0 Å². The number of aromatic amines is 1. The minimum atomic E-state index is -1.47. The Morgan fingerprint density at radius 1 is 1.20 bits per heavy atom. The Labute approximate surface area is 249 Å². The normalized spacial score (nSPS) is 13.4. The molecule has 4 aromatic rings. The van der Waals surface area contributed by atoms with Gasteiger partial charge in [-0.1, -0.05) is 12.1 Å². The molecule has 1 atom stereocenters. The standard InChI is InChI=1S/C29H28F2N8O5/c1-38-9-8-35-26(38)16-4-3-5-18(10-16)43-27-22(30)24(39(2)19(29(41)42)12-17-13-34-14-36-17)23(31)28(37-27)44-21-11-15(25(32)33)6-7-20(21)40/h3-7,10-11,13-14,19,40H,8-9,12H2,1-2H3,(H3,32,33)(H,34,36)(H,41,42). The number of carboxylic acid groups (broad SMARTS) is 1. The van der Waals surface area contributed by atoms with Gasteiger partial charge in [-0.05, 0) is 30.3 Å². The van der Waals surface area contributed by atoms with E-state index in [1.54, 1.807) is 18.2 Å². The molecule has 44 heavy (non-hydrogen) atoms. The van der Waals surface area contributed by atoms with Crippen molar-refractivity contribution in [3.8, 4) is 29.0 Å². The molecule has 5 rings (SSSR count). The molecule has 15 heteroatoms. The number of hydrogen-bond acceptors (Lipinski definition) is 10. The Morgan fingerprint density at radius 2 is 1.95 bits per heavy atom. The van der Waals surface area contributed by atoms with Crippen LogP contribution in [-0.2, 0) is 11.2 Å². The number of halogens is 2. The van der Waals surface area contributed by atoms with Gasteiger partial charge in [0.25, 0.3) is 11.8 Å². The second-order valence-electron chi connectivity index (χ2n) is 9.88. The summed E-state index contributed by atoms with van der Waals surface area (Å²) in [4.78, 5) is 30.2. The van der Waals surface area contributed by atoms with E-state index < -0.39 is 46.8 Å². The number of aromatic nitrogens is 3. The summed E-state index contributed by atoms with van der Waals surface area (Å²) in [5, 5.41) is 28.0. The predicted octanol–water partition coefficient (Wildman–Crippen LogP) is 3.48. The summed E-state index contributed by atoms with van der Waals surface area (Å²) in [6.45, 7) is 1.34. The van der Waals surface area contributed by atoms with Crippen LogP contribution in [-0.4, -0.2) is 80.9 Å². The van der Waals surface area contributed by atoms with E-state index in [1.165, 1.54) is 43.8 Å². The molecule has 2 aromatic heterocycles. The number of ether oxygens (including phenoxy) is 2. The maximum atomic E-state index is 16.1. The van der Waals surface area contributed by atoms with Crippen LogP contribution in [0.15, 0.2) is 60.0 Å². The quantitative estimate of drug-likeness (QED) is 0.125. The molecule has 2 aromatic carbocycles. The molecule has 0 fully saturated rings. The fraction of sp³-hybridized carbons (Fsp3) is 0.207. The molecule has 0 amide bonds. The lowest BCUT2D eigenvalue weighted by atomic mass is 10.1. The molecule has 0 saturated heterocycles. The largest absolute Gasteiger partial charge is 0.504 e. The number of nitrogens with one attached hydrogen (secondary N) is 2. The Balaban J connectivity index is 1.60. The zero-order valence-corrected chi connectivity index (χ0v) is 23.6. The summed E-state index contributed by atoms with van der Waals surface area (Å²) in [5.41, 5.74) is 5.91. The van der Waals surface area contributed by atoms with E-state index >= 15 is 8.78 Å². The summed E-state index contributed by atoms with van der Waals surface area (Å²) >= 11 is 0. The van der Waals surface area contributed by atoms with E-state index in [-0.39, 0.29) is 29.3 Å². The zero-order chi connectivity index (χ0) is 31.5. The Hall–Kier alpha value is -5.73. The van der Waals surface area contributed by atoms with Gasteiger partial charge in [0.2, 0.25) is 11.6 Å². The van der Waals surface area contributed by atoms with Crippen LogP contribution in [0.2, 0.25) is 0 Å². The first-order chi connectivity index (χ1) is 21.0. The average molecular weight is 607 g/mol. The van der Waals surface area contributed by atoms with Gasteiger partial charge in [-0.2, -0.15) is 13.8 Å². The number of phenolic OH excluding ortho intramolecular Hbond substituents is 1. The predicted molar refractivity (Wildman–Crippen MR) is 156 cm³/mol. The van der Waals surface area contributed by atoms with Crippen molar-refractivity contribution in [1.82, 2.24) is 19.9 Å². The van der Waals surface area contributed by atoms with Crippen molar-refractivity contribution in [1.29, 1.82) is 5.41 Å². The molecule has 3 heterocycles. The molecule has 0 radical (unpaired) electrons. The molecule has 0 spiro atoms. The fourth-order valence-corrected chi connectivity index (χ4v) is 4.60. The summed E-state index contributed by atoms with van der Waals surface area (Å²) in [6.07, 6.45) is 2.61. The highest BCUT2D eigenvalue weighted by Crippen LogP contribution is 2.40. The van der Waals surface area contributed by atoms with Gasteiger partial charge in [-0.25, -0.2) is 9.78 Å². The van der Waals surface area contributed by atoms with Crippen LogP contribution >= 0.6 is 0 Å². The van der Waals surface area contributed by atoms with E-state index in [1.807, 2.05) is 11.9 Å². The maximum absolute atomic E-state index is 16.1. The number of likely N-dealkylation sites (N-methyl/N-ethyl adjacent to an activating group) is 2. The Bertz CT molecular complexity index is 1750. The number of pyridine rings is 1. The van der Waals surface area contributed by atoms with Crippen LogP contribution in [0.25, 0.3) is 0 Å². The van der Waals surface area contributed by atoms with E-state index in [9.17, 15) is 15.0 Å². The summed E-state index contributed by atoms with van der Waals surface area (Å²) in [6, 6.07) is 8.83. The third-order valence-corrected chi connectivity index (χ3v) is 6.90. The lowest BCUT2D eigenvalue weighted by molar-refractivity contribution is -0.138. The van der Waals surface area contributed by atoms with Crippen molar-refractivity contribution in [2.45, 2.75) is 12.5 Å². The van der Waals surface area contributed by atoms with Crippen molar-refractivity contribution in [3.63, 3.8) is 0 Å². The molecular weight excluding hydrogens is 578 g/mol. The van der Waals surface area contributed by atoms with Crippen molar-refractivity contribution >= 4 is 23.3 Å². The second kappa shape index (κ2) is 12.2. The van der Waals surface area contributed by atoms with E-state index in [0.717, 1.165) is 11.4 Å². The first kappa shape index (κ1) is 29.8. The lowest BCUT2D eigenvalue weighted by Crippen LogP contribution is -2.41. The van der Waals surface area contributed by atoms with Gasteiger partial charge >= 0.3 is 5.97 Å². The van der Waals surface area contributed by atoms with Crippen LogP contribution in [0.5, 0.6) is 29.0 Å². The molecule has 1 aliphatic heterocycles. The zero-order valence-electron chi connectivity index (χ0n) is 23.6. The number of aliphatic imine (C=N–C) groups is 1. The van der Waals surface area contributed by atoms with E-state index in [4.69, 9.17) is 20.6 Å². The maximum Gasteiger partial charge on any atom is 0.326 e. The monoisotopic (exact) mass is 606 g/mol. The van der Waals surface area contributed by atoms with Gasteiger partial charge in [0, 0.05) is 44.4 Å². The minimum Gasteiger partial charge on any atom is -0.504 e. The number of H-pyrrole nitrogens is 1. The number of phenols is 1. The third kappa shape index (κ3) is 6.06. The number of imidazole rings is 1. The number of hydrogen-bond donors (Lipinski definition) is 5. The molecule has 6 N–H and O–H groups in total. The van der Waals surface area contributed by atoms with Gasteiger partial charge in [-0.3, -0.25) is 10.4 Å². The lowest BCUT2D eigenvalue weighted by Gasteiger charge is -2.28. The van der Waals surface area contributed by atoms with Gasteiger partial charge in [0.15, 0.2) is 11.5 Å². The highest BCUT2D eigenvalue weighted by molar-refractivity contribution is 6.00. The number of carboxylic acids is 1. The summed E-state index contributed by atoms with van der Waals surface area (Å²) in [7, 11) is 3.08. The molecule has 0 saturated carbocycles. The van der Waals surface area contributed by atoms with Crippen molar-refractivity contribution < 1.29 is 33.3 Å². The highest BCUT2D eigenvalue weighted by atomic mass is 19.1. The number of benzene rings is 2. The SMILES string of the molecule is CN1CCN=C1c1cccc(Oc2nc(Oc3cc(C(=N)N)ccc3O)c(F)c(N(C)C(Cc3c[nH]cn3)C(=O)O)c2F)c1. The number of aromatic hydroxyl groups is 1. The number of amidine groups is 2. The number of carbonyl (C=O) groups is 1. The summed E-state index contributed by atoms with van der Waals surface area (Å²) in [5.74, 6) is -5.91.